The van der Waals surface area contributed by atoms with E-state index < -0.39 is 0 Å². The summed E-state index contributed by atoms with van der Waals surface area (Å²) in [6.07, 6.45) is 0. The van der Waals surface area contributed by atoms with E-state index in [0.29, 0.717) is 11.4 Å². The third-order valence-corrected chi connectivity index (χ3v) is 5.29. The molecule has 29 heavy (non-hydrogen) atoms. The van der Waals surface area contributed by atoms with Crippen molar-refractivity contribution in [2.24, 2.45) is 0 Å². The summed E-state index contributed by atoms with van der Waals surface area (Å²) in [5.74, 6) is 1.38. The van der Waals surface area contributed by atoms with Crippen LogP contribution < -0.4 is 19.7 Å². The van der Waals surface area contributed by atoms with Gasteiger partial charge in [-0.3, -0.25) is 9.69 Å². The summed E-state index contributed by atoms with van der Waals surface area (Å²) < 4.78 is 11.0. The molecule has 0 radical (unpaired) electrons. The van der Waals surface area contributed by atoms with Crippen molar-refractivity contribution >= 4 is 17.3 Å². The number of anilines is 2. The average Bonchev–Trinajstić information content (AvgIpc) is 3.32. The van der Waals surface area contributed by atoms with Crippen molar-refractivity contribution in [1.29, 1.82) is 0 Å². The number of carbonyl (C=O) groups excluding carboxylic acids is 1. The van der Waals surface area contributed by atoms with E-state index in [2.05, 4.69) is 5.32 Å². The number of benzene rings is 3. The molecule has 1 N–H and O–H groups in total. The van der Waals surface area contributed by atoms with Crippen LogP contribution in [0.2, 0.25) is 0 Å². The molecule has 2 aliphatic heterocycles. The predicted octanol–water partition coefficient (Wildman–Crippen LogP) is 4.89. The summed E-state index contributed by atoms with van der Waals surface area (Å²) in [6.45, 7) is 2.22. The van der Waals surface area contributed by atoms with Crippen LogP contribution in [0.1, 0.15) is 18.5 Å². The third-order valence-electron chi connectivity index (χ3n) is 5.29. The van der Waals surface area contributed by atoms with E-state index in [1.165, 1.54) is 0 Å². The molecule has 0 spiro atoms. The van der Waals surface area contributed by atoms with Crippen molar-refractivity contribution in [3.05, 3.63) is 95.7 Å². The van der Waals surface area contributed by atoms with Gasteiger partial charge in [0.05, 0.1) is 6.04 Å². The van der Waals surface area contributed by atoms with E-state index in [1.807, 2.05) is 90.7 Å². The minimum atomic E-state index is -0.231. The molecule has 5 rings (SSSR count). The van der Waals surface area contributed by atoms with Gasteiger partial charge in [0.2, 0.25) is 6.79 Å². The highest BCUT2D eigenvalue weighted by Gasteiger charge is 2.39. The molecule has 5 nitrogen and oxygen atoms in total. The summed E-state index contributed by atoms with van der Waals surface area (Å²) >= 11 is 0. The van der Waals surface area contributed by atoms with Gasteiger partial charge in [-0.15, -0.1) is 0 Å². The number of fused-ring (bicyclic) bond motifs is 1. The van der Waals surface area contributed by atoms with Gasteiger partial charge in [-0.05, 0) is 54.5 Å². The van der Waals surface area contributed by atoms with E-state index >= 15 is 0 Å². The SMILES string of the molecule is CC1=C(Nc2ccccc2)C(=O)N(c2ccccc2)C1c1ccc2c(c1)OCO2. The number of hydrogen-bond acceptors (Lipinski definition) is 4. The molecule has 0 bridgehead atoms. The molecule has 3 aromatic rings. The first-order valence-corrected chi connectivity index (χ1v) is 9.53. The molecule has 1 atom stereocenters. The lowest BCUT2D eigenvalue weighted by Crippen LogP contribution is -2.31. The minimum Gasteiger partial charge on any atom is -0.454 e. The van der Waals surface area contributed by atoms with Gasteiger partial charge in [0.25, 0.3) is 5.91 Å². The maximum atomic E-state index is 13.5. The maximum absolute atomic E-state index is 13.5. The van der Waals surface area contributed by atoms with Crippen LogP contribution in [-0.4, -0.2) is 12.7 Å². The summed E-state index contributed by atoms with van der Waals surface area (Å²) in [4.78, 5) is 15.3. The monoisotopic (exact) mass is 384 g/mol. The van der Waals surface area contributed by atoms with Gasteiger partial charge in [0.15, 0.2) is 11.5 Å². The van der Waals surface area contributed by atoms with E-state index in [0.717, 1.165) is 28.3 Å². The Balaban J connectivity index is 1.60. The second-order valence-corrected chi connectivity index (χ2v) is 7.07. The number of nitrogens with one attached hydrogen (secondary N) is 1. The number of hydrogen-bond donors (Lipinski definition) is 1. The molecule has 1 unspecified atom stereocenters. The predicted molar refractivity (Wildman–Crippen MR) is 112 cm³/mol. The first-order chi connectivity index (χ1) is 14.2. The Morgan fingerprint density at radius 1 is 0.897 bits per heavy atom. The van der Waals surface area contributed by atoms with Crippen molar-refractivity contribution in [3.63, 3.8) is 0 Å². The van der Waals surface area contributed by atoms with E-state index in [9.17, 15) is 4.79 Å². The standard InChI is InChI=1S/C24H20N2O3/c1-16-22(25-18-8-4-2-5-9-18)24(27)26(19-10-6-3-7-11-19)23(16)17-12-13-20-21(14-17)29-15-28-20/h2-14,23,25H,15H2,1H3. The zero-order chi connectivity index (χ0) is 19.8. The molecule has 5 heteroatoms. The number of para-hydroxylation sites is 2. The van der Waals surface area contributed by atoms with Gasteiger partial charge in [-0.1, -0.05) is 42.5 Å². The Hall–Kier alpha value is -3.73. The zero-order valence-electron chi connectivity index (χ0n) is 16.0. The third kappa shape index (κ3) is 3.01. The topological polar surface area (TPSA) is 50.8 Å². The van der Waals surface area contributed by atoms with Crippen LogP contribution in [0.4, 0.5) is 11.4 Å². The quantitative estimate of drug-likeness (QED) is 0.696. The molecule has 0 aliphatic carbocycles. The molecule has 0 aromatic heterocycles. The Kier molecular flexibility index (Phi) is 4.21. The van der Waals surface area contributed by atoms with Crippen molar-refractivity contribution in [3.8, 4) is 11.5 Å². The lowest BCUT2D eigenvalue weighted by Gasteiger charge is -2.27. The Bertz CT molecular complexity index is 1090. The molecular formula is C24H20N2O3. The number of carbonyl (C=O) groups is 1. The van der Waals surface area contributed by atoms with Crippen molar-refractivity contribution < 1.29 is 14.3 Å². The fraction of sp³-hybridized carbons (Fsp3) is 0.125. The molecule has 0 saturated heterocycles. The average molecular weight is 384 g/mol. The highest BCUT2D eigenvalue weighted by Crippen LogP contribution is 2.44. The first kappa shape index (κ1) is 17.4. The van der Waals surface area contributed by atoms with Crippen LogP contribution in [0.5, 0.6) is 11.5 Å². The van der Waals surface area contributed by atoms with Crippen LogP contribution in [0.25, 0.3) is 0 Å². The van der Waals surface area contributed by atoms with Crippen LogP contribution in [-0.2, 0) is 4.79 Å². The van der Waals surface area contributed by atoms with E-state index in [4.69, 9.17) is 9.47 Å². The lowest BCUT2D eigenvalue weighted by atomic mass is 9.99. The number of amides is 1. The highest BCUT2D eigenvalue weighted by atomic mass is 16.7. The first-order valence-electron chi connectivity index (χ1n) is 9.53. The Labute approximate surface area is 169 Å². The highest BCUT2D eigenvalue weighted by molar-refractivity contribution is 6.12. The van der Waals surface area contributed by atoms with Crippen LogP contribution >= 0.6 is 0 Å². The summed E-state index contributed by atoms with van der Waals surface area (Å²) in [7, 11) is 0. The van der Waals surface area contributed by atoms with E-state index in [1.54, 1.807) is 0 Å². The Morgan fingerprint density at radius 3 is 2.34 bits per heavy atom. The number of rotatable bonds is 4. The van der Waals surface area contributed by atoms with Crippen LogP contribution in [0.3, 0.4) is 0 Å². The normalized spacial score (nSPS) is 17.8. The van der Waals surface area contributed by atoms with E-state index in [-0.39, 0.29) is 18.7 Å². The fourth-order valence-electron chi connectivity index (χ4n) is 3.89. The molecular weight excluding hydrogens is 364 g/mol. The lowest BCUT2D eigenvalue weighted by molar-refractivity contribution is -0.114. The number of ether oxygens (including phenoxy) is 2. The summed E-state index contributed by atoms with van der Waals surface area (Å²) in [6, 6.07) is 25.1. The molecule has 144 valence electrons. The van der Waals surface area contributed by atoms with Gasteiger partial charge in [0, 0.05) is 11.4 Å². The second kappa shape index (κ2) is 7.02. The van der Waals surface area contributed by atoms with Crippen molar-refractivity contribution in [2.45, 2.75) is 13.0 Å². The van der Waals surface area contributed by atoms with Gasteiger partial charge < -0.3 is 14.8 Å². The molecule has 1 amide bonds. The minimum absolute atomic E-state index is 0.0554. The van der Waals surface area contributed by atoms with Gasteiger partial charge in [-0.2, -0.15) is 0 Å². The summed E-state index contributed by atoms with van der Waals surface area (Å²) in [5, 5.41) is 3.32. The smallest absolute Gasteiger partial charge is 0.275 e. The van der Waals surface area contributed by atoms with Gasteiger partial charge in [0.1, 0.15) is 5.70 Å². The van der Waals surface area contributed by atoms with Crippen LogP contribution in [0.15, 0.2) is 90.1 Å². The fourth-order valence-corrected chi connectivity index (χ4v) is 3.89. The van der Waals surface area contributed by atoms with Crippen molar-refractivity contribution in [2.75, 3.05) is 17.0 Å². The van der Waals surface area contributed by atoms with Gasteiger partial charge >= 0.3 is 0 Å². The molecule has 2 aliphatic rings. The van der Waals surface area contributed by atoms with Crippen LogP contribution in [0, 0.1) is 0 Å². The van der Waals surface area contributed by atoms with Crippen molar-refractivity contribution in [1.82, 2.24) is 0 Å². The second-order valence-electron chi connectivity index (χ2n) is 7.07. The largest absolute Gasteiger partial charge is 0.454 e. The molecule has 0 saturated carbocycles. The number of nitrogens with zero attached hydrogens (tertiary/aromatic N) is 1. The molecule has 2 heterocycles. The molecule has 3 aromatic carbocycles. The molecule has 0 fully saturated rings. The summed E-state index contributed by atoms with van der Waals surface area (Å²) in [5.41, 5.74) is 4.28. The zero-order valence-corrected chi connectivity index (χ0v) is 16.0. The van der Waals surface area contributed by atoms with Gasteiger partial charge in [-0.25, -0.2) is 0 Å². The maximum Gasteiger partial charge on any atom is 0.275 e. The Morgan fingerprint density at radius 2 is 1.59 bits per heavy atom.